The molecule has 2 heterocycles. The summed E-state index contributed by atoms with van der Waals surface area (Å²) in [6.45, 7) is 12.9. The number of anilines is 1. The lowest BCUT2D eigenvalue weighted by Crippen LogP contribution is -2.47. The van der Waals surface area contributed by atoms with Gasteiger partial charge in [-0.25, -0.2) is 0 Å². The van der Waals surface area contributed by atoms with Gasteiger partial charge in [-0.3, -0.25) is 4.90 Å². The highest BCUT2D eigenvalue weighted by atomic mass is 35.5. The van der Waals surface area contributed by atoms with E-state index in [4.69, 9.17) is 4.74 Å². The number of ether oxygens (including phenoxy) is 1. The zero-order chi connectivity index (χ0) is 16.8. The van der Waals surface area contributed by atoms with E-state index < -0.39 is 0 Å². The topological polar surface area (TPSA) is 27.7 Å². The maximum atomic E-state index is 5.62. The maximum Gasteiger partial charge on any atom is 0.0469 e. The number of hydrogen-bond acceptors (Lipinski definition) is 4. The van der Waals surface area contributed by atoms with Crippen molar-refractivity contribution in [3.05, 3.63) is 29.8 Å². The summed E-state index contributed by atoms with van der Waals surface area (Å²) in [5, 5.41) is 3.49. The Morgan fingerprint density at radius 3 is 2.15 bits per heavy atom. The summed E-state index contributed by atoms with van der Waals surface area (Å²) in [6.07, 6.45) is 2.37. The van der Waals surface area contributed by atoms with Crippen molar-refractivity contribution in [2.24, 2.45) is 5.92 Å². The van der Waals surface area contributed by atoms with Gasteiger partial charge < -0.3 is 15.0 Å². The molecule has 0 radical (unpaired) electrons. The molecule has 1 aromatic carbocycles. The molecule has 2 aliphatic heterocycles. The van der Waals surface area contributed by atoms with Crippen LogP contribution in [0.15, 0.2) is 24.3 Å². The first-order chi connectivity index (χ1) is 11.8. The minimum absolute atomic E-state index is 0. The smallest absolute Gasteiger partial charge is 0.0469 e. The molecule has 26 heavy (non-hydrogen) atoms. The van der Waals surface area contributed by atoms with Crippen molar-refractivity contribution < 1.29 is 4.74 Å². The van der Waals surface area contributed by atoms with E-state index in [9.17, 15) is 0 Å². The van der Waals surface area contributed by atoms with Crippen molar-refractivity contribution in [2.45, 2.75) is 32.7 Å². The number of hydrogen-bond donors (Lipinski definition) is 1. The lowest BCUT2D eigenvalue weighted by atomic mass is 9.85. The molecule has 150 valence electrons. The minimum atomic E-state index is 0. The van der Waals surface area contributed by atoms with Crippen molar-refractivity contribution in [1.82, 2.24) is 10.2 Å². The third-order valence-electron chi connectivity index (χ3n) is 5.62. The predicted molar refractivity (Wildman–Crippen MR) is 115 cm³/mol. The van der Waals surface area contributed by atoms with Crippen LogP contribution in [-0.4, -0.2) is 57.4 Å². The molecule has 2 fully saturated rings. The number of nitrogens with one attached hydrogen (secondary N) is 1. The molecule has 4 nitrogen and oxygen atoms in total. The van der Waals surface area contributed by atoms with Gasteiger partial charge in [0.1, 0.15) is 0 Å². The van der Waals surface area contributed by atoms with Gasteiger partial charge in [-0.1, -0.05) is 12.1 Å². The Hall–Kier alpha value is -0.520. The molecule has 2 saturated heterocycles. The molecule has 1 N–H and O–H groups in total. The van der Waals surface area contributed by atoms with Crippen LogP contribution in [-0.2, 0) is 4.74 Å². The summed E-state index contributed by atoms with van der Waals surface area (Å²) in [4.78, 5) is 5.11. The molecule has 6 heteroatoms. The molecule has 0 unspecified atom stereocenters. The van der Waals surface area contributed by atoms with Crippen LogP contribution in [0.4, 0.5) is 5.69 Å². The molecule has 0 amide bonds. The highest BCUT2D eigenvalue weighted by Gasteiger charge is 2.31. The molecule has 1 aromatic rings. The first-order valence-corrected chi connectivity index (χ1v) is 9.71. The Labute approximate surface area is 171 Å². The molecule has 0 aromatic heterocycles. The number of nitrogens with zero attached hydrogens (tertiary/aromatic N) is 2. The third kappa shape index (κ3) is 5.74. The second-order valence-corrected chi connectivity index (χ2v) is 6.94. The average molecular weight is 404 g/mol. The summed E-state index contributed by atoms with van der Waals surface area (Å²) < 4.78 is 5.62. The fourth-order valence-electron chi connectivity index (χ4n) is 4.24. The van der Waals surface area contributed by atoms with Crippen LogP contribution in [0.1, 0.15) is 38.3 Å². The van der Waals surface area contributed by atoms with Gasteiger partial charge in [0.25, 0.3) is 0 Å². The molecular weight excluding hydrogens is 369 g/mol. The summed E-state index contributed by atoms with van der Waals surface area (Å²) >= 11 is 0. The summed E-state index contributed by atoms with van der Waals surface area (Å²) in [5.74, 6) is 0.719. The van der Waals surface area contributed by atoms with Gasteiger partial charge in [0.2, 0.25) is 0 Å². The predicted octanol–water partition coefficient (Wildman–Crippen LogP) is 3.75. The lowest BCUT2D eigenvalue weighted by molar-refractivity contribution is 0.0213. The van der Waals surface area contributed by atoms with Crippen LogP contribution in [0.25, 0.3) is 0 Å². The molecule has 0 bridgehead atoms. The van der Waals surface area contributed by atoms with E-state index in [1.165, 1.54) is 24.1 Å². The van der Waals surface area contributed by atoms with Crippen LogP contribution in [0.5, 0.6) is 0 Å². The van der Waals surface area contributed by atoms with Crippen LogP contribution < -0.4 is 10.2 Å². The zero-order valence-electron chi connectivity index (χ0n) is 16.2. The van der Waals surface area contributed by atoms with E-state index in [-0.39, 0.29) is 24.8 Å². The summed E-state index contributed by atoms with van der Waals surface area (Å²) in [7, 11) is 0. The number of halogens is 2. The van der Waals surface area contributed by atoms with Crippen LogP contribution in [0.3, 0.4) is 0 Å². The number of benzene rings is 1. The summed E-state index contributed by atoms with van der Waals surface area (Å²) in [5.41, 5.74) is 2.83. The second-order valence-electron chi connectivity index (χ2n) is 6.94. The third-order valence-corrected chi connectivity index (χ3v) is 5.62. The fourth-order valence-corrected chi connectivity index (χ4v) is 4.24. The maximum absolute atomic E-state index is 5.62. The largest absolute Gasteiger partial charge is 0.381 e. The minimum Gasteiger partial charge on any atom is -0.381 e. The first kappa shape index (κ1) is 23.5. The van der Waals surface area contributed by atoms with Crippen molar-refractivity contribution in [3.63, 3.8) is 0 Å². The second kappa shape index (κ2) is 12.0. The summed E-state index contributed by atoms with van der Waals surface area (Å²) in [6, 6.07) is 9.92. The molecule has 3 rings (SSSR count). The van der Waals surface area contributed by atoms with Crippen molar-refractivity contribution >= 4 is 30.5 Å². The van der Waals surface area contributed by atoms with Crippen molar-refractivity contribution in [3.8, 4) is 0 Å². The van der Waals surface area contributed by atoms with Gasteiger partial charge in [-0.05, 0) is 50.3 Å². The Bertz CT molecular complexity index is 466. The van der Waals surface area contributed by atoms with Crippen molar-refractivity contribution in [2.75, 3.05) is 57.4 Å². The van der Waals surface area contributed by atoms with Gasteiger partial charge in [0.15, 0.2) is 0 Å². The quantitative estimate of drug-likeness (QED) is 0.782. The van der Waals surface area contributed by atoms with E-state index in [0.29, 0.717) is 6.04 Å². The van der Waals surface area contributed by atoms with E-state index >= 15 is 0 Å². The van der Waals surface area contributed by atoms with Gasteiger partial charge in [-0.15, -0.1) is 24.8 Å². The van der Waals surface area contributed by atoms with Gasteiger partial charge in [-0.2, -0.15) is 0 Å². The van der Waals surface area contributed by atoms with Crippen molar-refractivity contribution in [1.29, 1.82) is 0 Å². The molecular formula is C20H35Cl2N3O. The van der Waals surface area contributed by atoms with Crippen LogP contribution in [0.2, 0.25) is 0 Å². The van der Waals surface area contributed by atoms with Crippen LogP contribution in [0, 0.1) is 5.92 Å². The van der Waals surface area contributed by atoms with Crippen LogP contribution >= 0.6 is 24.8 Å². The Morgan fingerprint density at radius 2 is 1.62 bits per heavy atom. The van der Waals surface area contributed by atoms with E-state index in [2.05, 4.69) is 53.2 Å². The first-order valence-electron chi connectivity index (χ1n) is 9.71. The molecule has 0 saturated carbocycles. The Kier molecular flexibility index (Phi) is 10.9. The highest BCUT2D eigenvalue weighted by Crippen LogP contribution is 2.36. The lowest BCUT2D eigenvalue weighted by Gasteiger charge is -2.41. The van der Waals surface area contributed by atoms with E-state index in [0.717, 1.165) is 58.4 Å². The molecule has 0 spiro atoms. The molecule has 1 atom stereocenters. The Morgan fingerprint density at radius 1 is 1.04 bits per heavy atom. The van der Waals surface area contributed by atoms with E-state index in [1.807, 2.05) is 0 Å². The van der Waals surface area contributed by atoms with E-state index in [1.54, 1.807) is 0 Å². The molecule has 2 aliphatic rings. The fraction of sp³-hybridized carbons (Fsp3) is 0.700. The zero-order valence-corrected chi connectivity index (χ0v) is 17.8. The average Bonchev–Trinajstić information content (AvgIpc) is 2.66. The van der Waals surface area contributed by atoms with Gasteiger partial charge in [0.05, 0.1) is 0 Å². The number of rotatable bonds is 6. The van der Waals surface area contributed by atoms with Gasteiger partial charge >= 0.3 is 0 Å². The Balaban J connectivity index is 0.00000169. The highest BCUT2D eigenvalue weighted by molar-refractivity contribution is 5.85. The monoisotopic (exact) mass is 403 g/mol. The van der Waals surface area contributed by atoms with Gasteiger partial charge in [0, 0.05) is 64.2 Å². The molecule has 0 aliphatic carbocycles. The normalized spacial score (nSPS) is 19.9. The standard InChI is InChI=1S/C20H33N3O.2ClH/c1-3-22(4-2)19-7-5-17(6-8-19)20(18-9-15-24-16-10-18)23-13-11-21-12-14-23;;/h5-8,18,20-21H,3-4,9-16H2,1-2H3;2*1H/t20-;;/m0../s1. The number of piperazine rings is 1. The SMILES string of the molecule is CCN(CC)c1ccc([C@@H](C2CCOCC2)N2CCNCC2)cc1.Cl.Cl.